The summed E-state index contributed by atoms with van der Waals surface area (Å²) < 4.78 is 14.5. The van der Waals surface area contributed by atoms with Crippen LogP contribution in [-0.2, 0) is 6.54 Å². The molecule has 1 amide bonds. The van der Waals surface area contributed by atoms with Gasteiger partial charge in [-0.15, -0.1) is 0 Å². The zero-order chi connectivity index (χ0) is 14.1. The zero-order valence-corrected chi connectivity index (χ0v) is 11.2. The van der Waals surface area contributed by atoms with E-state index in [0.29, 0.717) is 19.4 Å². The Kier molecular flexibility index (Phi) is 3.61. The number of alkyl halides is 1. The summed E-state index contributed by atoms with van der Waals surface area (Å²) >= 11 is 0. The van der Waals surface area contributed by atoms with E-state index in [9.17, 15) is 9.18 Å². The highest BCUT2D eigenvalue weighted by Gasteiger charge is 2.49. The smallest absolute Gasteiger partial charge is 0.407 e. The van der Waals surface area contributed by atoms with Crippen molar-refractivity contribution in [2.24, 2.45) is 0 Å². The number of hydrogen-bond donors (Lipinski definition) is 2. The van der Waals surface area contributed by atoms with E-state index in [1.807, 2.05) is 30.3 Å². The first-order valence-electron chi connectivity index (χ1n) is 7.09. The van der Waals surface area contributed by atoms with Crippen LogP contribution in [-0.4, -0.2) is 40.4 Å². The second-order valence-electron chi connectivity index (χ2n) is 5.64. The topological polar surface area (TPSA) is 52.6 Å². The van der Waals surface area contributed by atoms with Gasteiger partial charge in [0.15, 0.2) is 0 Å². The molecule has 2 saturated heterocycles. The number of halogens is 1. The fraction of sp³-hybridized carbons (Fsp3) is 0.533. The van der Waals surface area contributed by atoms with Crippen LogP contribution >= 0.6 is 0 Å². The third-order valence-corrected chi connectivity index (χ3v) is 4.46. The molecule has 4 nitrogen and oxygen atoms in total. The summed E-state index contributed by atoms with van der Waals surface area (Å²) in [7, 11) is 0. The largest absolute Gasteiger partial charge is 0.465 e. The molecule has 0 saturated carbocycles. The monoisotopic (exact) mass is 278 g/mol. The molecule has 3 rings (SSSR count). The van der Waals surface area contributed by atoms with Gasteiger partial charge in [0.25, 0.3) is 0 Å². The summed E-state index contributed by atoms with van der Waals surface area (Å²) in [4.78, 5) is 12.5. The summed E-state index contributed by atoms with van der Waals surface area (Å²) in [6.07, 6.45) is -0.116. The number of amides is 1. The quantitative estimate of drug-likeness (QED) is 0.892. The van der Waals surface area contributed by atoms with Gasteiger partial charge in [0.1, 0.15) is 6.17 Å². The Morgan fingerprint density at radius 2 is 2.10 bits per heavy atom. The number of rotatable bonds is 3. The van der Waals surface area contributed by atoms with Crippen LogP contribution in [0.25, 0.3) is 0 Å². The number of carbonyl (C=O) groups is 1. The molecule has 0 aromatic heterocycles. The van der Waals surface area contributed by atoms with Crippen molar-refractivity contribution < 1.29 is 14.3 Å². The molecular formula is C15H19FN2O2. The Morgan fingerprint density at radius 1 is 1.35 bits per heavy atom. The number of nitrogens with zero attached hydrogens (tertiary/aromatic N) is 1. The summed E-state index contributed by atoms with van der Waals surface area (Å²) in [5.41, 5.74) is 1.12. The third kappa shape index (κ3) is 2.38. The average molecular weight is 278 g/mol. The molecule has 0 spiro atoms. The second-order valence-corrected chi connectivity index (χ2v) is 5.64. The highest BCUT2D eigenvalue weighted by molar-refractivity contribution is 5.67. The molecule has 108 valence electrons. The minimum Gasteiger partial charge on any atom is -0.465 e. The molecule has 2 aliphatic heterocycles. The van der Waals surface area contributed by atoms with Crippen LogP contribution in [0.15, 0.2) is 30.3 Å². The van der Waals surface area contributed by atoms with E-state index in [1.54, 1.807) is 0 Å². The number of nitrogens with one attached hydrogen (secondary N) is 1. The van der Waals surface area contributed by atoms with Gasteiger partial charge in [0.2, 0.25) is 0 Å². The highest BCUT2D eigenvalue weighted by Crippen LogP contribution is 2.37. The van der Waals surface area contributed by atoms with E-state index in [0.717, 1.165) is 12.0 Å². The van der Waals surface area contributed by atoms with Crippen molar-refractivity contribution >= 4 is 6.09 Å². The molecule has 1 aromatic rings. The van der Waals surface area contributed by atoms with E-state index >= 15 is 0 Å². The van der Waals surface area contributed by atoms with Gasteiger partial charge in [0, 0.05) is 18.6 Å². The molecule has 0 radical (unpaired) electrons. The van der Waals surface area contributed by atoms with Crippen LogP contribution in [0.4, 0.5) is 9.18 Å². The maximum absolute atomic E-state index is 14.5. The number of fused-ring (bicyclic) bond motifs is 2. The maximum Gasteiger partial charge on any atom is 0.407 e. The van der Waals surface area contributed by atoms with Crippen LogP contribution in [0, 0.1) is 0 Å². The van der Waals surface area contributed by atoms with Crippen molar-refractivity contribution in [3.05, 3.63) is 35.9 Å². The summed E-state index contributed by atoms with van der Waals surface area (Å²) in [6.45, 7) is 0.623. The van der Waals surface area contributed by atoms with E-state index in [1.165, 1.54) is 4.90 Å². The fourth-order valence-corrected chi connectivity index (χ4v) is 3.49. The Balaban J connectivity index is 1.64. The molecule has 2 heterocycles. The summed E-state index contributed by atoms with van der Waals surface area (Å²) in [5, 5.41) is 12.4. The predicted molar refractivity (Wildman–Crippen MR) is 73.3 cm³/mol. The molecule has 0 aliphatic carbocycles. The minimum absolute atomic E-state index is 0.0298. The van der Waals surface area contributed by atoms with E-state index in [4.69, 9.17) is 5.11 Å². The molecule has 2 bridgehead atoms. The van der Waals surface area contributed by atoms with Crippen LogP contribution < -0.4 is 5.32 Å². The normalized spacial score (nSPS) is 32.4. The number of piperidine rings is 1. The lowest BCUT2D eigenvalue weighted by Gasteiger charge is -2.40. The van der Waals surface area contributed by atoms with Crippen molar-refractivity contribution in [2.45, 2.75) is 50.1 Å². The van der Waals surface area contributed by atoms with Crippen LogP contribution in [0.1, 0.15) is 24.8 Å². The molecule has 1 aromatic carbocycles. The van der Waals surface area contributed by atoms with Crippen molar-refractivity contribution in [1.82, 2.24) is 10.2 Å². The highest BCUT2D eigenvalue weighted by atomic mass is 19.1. The number of benzene rings is 1. The molecule has 20 heavy (non-hydrogen) atoms. The zero-order valence-electron chi connectivity index (χ0n) is 11.2. The summed E-state index contributed by atoms with van der Waals surface area (Å²) in [6, 6.07) is 9.12. The van der Waals surface area contributed by atoms with E-state index < -0.39 is 18.3 Å². The van der Waals surface area contributed by atoms with E-state index in [-0.39, 0.29) is 12.1 Å². The van der Waals surface area contributed by atoms with Gasteiger partial charge >= 0.3 is 6.09 Å². The lowest BCUT2D eigenvalue weighted by atomic mass is 9.95. The van der Waals surface area contributed by atoms with Gasteiger partial charge in [-0.05, 0) is 24.8 Å². The molecule has 0 unspecified atom stereocenters. The first-order valence-corrected chi connectivity index (χ1v) is 7.09. The van der Waals surface area contributed by atoms with Crippen molar-refractivity contribution in [3.63, 3.8) is 0 Å². The first kappa shape index (κ1) is 13.4. The van der Waals surface area contributed by atoms with Crippen LogP contribution in [0.3, 0.4) is 0 Å². The lowest BCUT2D eigenvalue weighted by Crippen LogP contribution is -2.58. The number of carboxylic acid groups (broad SMARTS) is 1. The third-order valence-electron chi connectivity index (χ3n) is 4.46. The van der Waals surface area contributed by atoms with Crippen molar-refractivity contribution in [1.29, 1.82) is 0 Å². The lowest BCUT2D eigenvalue weighted by molar-refractivity contribution is 0.0406. The van der Waals surface area contributed by atoms with Crippen LogP contribution in [0.5, 0.6) is 0 Å². The van der Waals surface area contributed by atoms with Crippen LogP contribution in [0.2, 0.25) is 0 Å². The number of hydrogen-bond acceptors (Lipinski definition) is 2. The maximum atomic E-state index is 14.5. The molecular weight excluding hydrogens is 259 g/mol. The Hall–Kier alpha value is -1.62. The van der Waals surface area contributed by atoms with Gasteiger partial charge in [-0.1, -0.05) is 30.3 Å². The van der Waals surface area contributed by atoms with Gasteiger partial charge in [-0.3, -0.25) is 4.90 Å². The molecule has 2 N–H and O–H groups in total. The molecule has 2 aliphatic rings. The predicted octanol–water partition coefficient (Wildman–Crippen LogP) is 2.40. The standard InChI is InChI=1S/C15H19FN2O2/c16-14-12(17-9-10-4-2-1-3-5-10)8-11-6-7-13(14)18(11)15(19)20/h1-5,11-14,17H,6-9H2,(H,19,20)/t11-,12-,13+,14-/m1/s1. The molecule has 2 fully saturated rings. The minimum atomic E-state index is -1.12. The fourth-order valence-electron chi connectivity index (χ4n) is 3.49. The van der Waals surface area contributed by atoms with Gasteiger partial charge in [0.05, 0.1) is 6.04 Å². The Labute approximate surface area is 117 Å². The van der Waals surface area contributed by atoms with Gasteiger partial charge < -0.3 is 10.4 Å². The Morgan fingerprint density at radius 3 is 2.80 bits per heavy atom. The SMILES string of the molecule is O=C(O)N1[C@@H]2CC[C@H]1[C@H](F)[C@H](NCc1ccccc1)C2. The molecule has 4 atom stereocenters. The van der Waals surface area contributed by atoms with Gasteiger partial charge in [-0.2, -0.15) is 0 Å². The van der Waals surface area contributed by atoms with Gasteiger partial charge in [-0.25, -0.2) is 9.18 Å². The second kappa shape index (κ2) is 5.40. The average Bonchev–Trinajstić information content (AvgIpc) is 2.80. The Bertz CT molecular complexity index is 482. The van der Waals surface area contributed by atoms with E-state index in [2.05, 4.69) is 5.32 Å². The first-order chi connectivity index (χ1) is 9.66. The van der Waals surface area contributed by atoms with Crippen molar-refractivity contribution in [2.75, 3.05) is 0 Å². The van der Waals surface area contributed by atoms with Crippen molar-refractivity contribution in [3.8, 4) is 0 Å². The molecule has 5 heteroatoms. The summed E-state index contributed by atoms with van der Waals surface area (Å²) in [5.74, 6) is 0.